The van der Waals surface area contributed by atoms with Crippen molar-refractivity contribution in [3.05, 3.63) is 65.5 Å². The molecule has 0 saturated heterocycles. The topological polar surface area (TPSA) is 71.5 Å². The van der Waals surface area contributed by atoms with Crippen molar-refractivity contribution in [2.75, 3.05) is 6.54 Å². The van der Waals surface area contributed by atoms with Gasteiger partial charge in [-0.05, 0) is 23.3 Å². The zero-order chi connectivity index (χ0) is 15.4. The predicted molar refractivity (Wildman–Crippen MR) is 78.4 cm³/mol. The summed E-state index contributed by atoms with van der Waals surface area (Å²) in [6, 6.07) is 11.0. The van der Waals surface area contributed by atoms with Crippen molar-refractivity contribution in [3.8, 4) is 0 Å². The van der Waals surface area contributed by atoms with Gasteiger partial charge in [-0.15, -0.1) is 0 Å². The molecule has 1 aliphatic heterocycles. The van der Waals surface area contributed by atoms with Crippen molar-refractivity contribution < 1.29 is 14.4 Å². The number of benzene rings is 1. The fourth-order valence-electron chi connectivity index (χ4n) is 2.33. The van der Waals surface area contributed by atoms with E-state index in [2.05, 4.69) is 10.5 Å². The molecule has 2 amide bonds. The van der Waals surface area contributed by atoms with Crippen LogP contribution in [-0.4, -0.2) is 28.2 Å². The monoisotopic (exact) mass is 297 g/mol. The number of carbonyl (C=O) groups excluding carboxylic acids is 2. The van der Waals surface area contributed by atoms with E-state index in [9.17, 15) is 9.59 Å². The number of amides is 2. The van der Waals surface area contributed by atoms with Crippen molar-refractivity contribution >= 4 is 11.8 Å². The van der Waals surface area contributed by atoms with E-state index in [4.69, 9.17) is 4.84 Å². The van der Waals surface area contributed by atoms with Gasteiger partial charge in [-0.1, -0.05) is 24.3 Å². The predicted octanol–water partition coefficient (Wildman–Crippen LogP) is 1.29. The van der Waals surface area contributed by atoms with E-state index in [0.29, 0.717) is 12.1 Å². The van der Waals surface area contributed by atoms with Gasteiger partial charge in [0.1, 0.15) is 13.2 Å². The molecule has 1 N–H and O–H groups in total. The Balaban J connectivity index is 1.48. The maximum atomic E-state index is 12.1. The summed E-state index contributed by atoms with van der Waals surface area (Å²) in [5.41, 5.74) is 4.80. The zero-order valence-corrected chi connectivity index (χ0v) is 11.9. The lowest BCUT2D eigenvalue weighted by Gasteiger charge is -2.15. The first-order valence-corrected chi connectivity index (χ1v) is 6.91. The Bertz CT molecular complexity index is 688. The molecule has 0 spiro atoms. The van der Waals surface area contributed by atoms with E-state index < -0.39 is 0 Å². The molecule has 0 fully saturated rings. The number of aromatic nitrogens is 1. The first-order valence-electron chi connectivity index (χ1n) is 6.91. The van der Waals surface area contributed by atoms with Crippen molar-refractivity contribution in [1.82, 2.24) is 15.4 Å². The first-order chi connectivity index (χ1) is 10.7. The lowest BCUT2D eigenvalue weighted by Crippen LogP contribution is -2.37. The number of nitrogens with one attached hydrogen (secondary N) is 1. The van der Waals surface area contributed by atoms with Gasteiger partial charge in [0.05, 0.1) is 0 Å². The quantitative estimate of drug-likeness (QED) is 0.844. The molecule has 0 unspecified atom stereocenters. The van der Waals surface area contributed by atoms with Crippen LogP contribution in [0.15, 0.2) is 48.8 Å². The van der Waals surface area contributed by atoms with Crippen molar-refractivity contribution in [3.63, 3.8) is 0 Å². The Kier molecular flexibility index (Phi) is 4.11. The zero-order valence-electron chi connectivity index (χ0n) is 11.9. The second-order valence-corrected chi connectivity index (χ2v) is 4.99. The third-order valence-electron chi connectivity index (χ3n) is 3.38. The highest BCUT2D eigenvalue weighted by Gasteiger charge is 2.28. The second kappa shape index (κ2) is 6.36. The smallest absolute Gasteiger partial charge is 0.263 e. The maximum Gasteiger partial charge on any atom is 0.263 e. The lowest BCUT2D eigenvalue weighted by molar-refractivity contribution is -0.135. The van der Waals surface area contributed by atoms with Crippen LogP contribution >= 0.6 is 0 Å². The van der Waals surface area contributed by atoms with E-state index in [0.717, 1.165) is 11.1 Å². The number of nitrogens with zero attached hydrogens (tertiary/aromatic N) is 2. The molecule has 0 radical (unpaired) electrons. The average molecular weight is 297 g/mol. The van der Waals surface area contributed by atoms with Gasteiger partial charge in [-0.2, -0.15) is 0 Å². The van der Waals surface area contributed by atoms with Crippen molar-refractivity contribution in [2.24, 2.45) is 0 Å². The molecule has 0 bridgehead atoms. The fraction of sp³-hybridized carbons (Fsp3) is 0.188. The molecule has 2 heterocycles. The van der Waals surface area contributed by atoms with Crippen LogP contribution in [0.1, 0.15) is 21.5 Å². The second-order valence-electron chi connectivity index (χ2n) is 4.99. The van der Waals surface area contributed by atoms with Crippen LogP contribution in [0.25, 0.3) is 0 Å². The van der Waals surface area contributed by atoms with E-state index in [-0.39, 0.29) is 25.0 Å². The molecule has 1 aliphatic rings. The minimum atomic E-state index is -0.356. The van der Waals surface area contributed by atoms with Gasteiger partial charge in [-0.3, -0.25) is 19.4 Å². The fourth-order valence-corrected chi connectivity index (χ4v) is 2.33. The summed E-state index contributed by atoms with van der Waals surface area (Å²) in [4.78, 5) is 34.5. The Labute approximate surface area is 127 Å². The Morgan fingerprint density at radius 1 is 1.27 bits per heavy atom. The lowest BCUT2D eigenvalue weighted by atomic mass is 10.1. The van der Waals surface area contributed by atoms with Gasteiger partial charge < -0.3 is 4.90 Å². The molecule has 6 nitrogen and oxygen atoms in total. The molecule has 2 aromatic rings. The number of hydrogen-bond donors (Lipinski definition) is 1. The third-order valence-corrected chi connectivity index (χ3v) is 3.38. The number of hydroxylamine groups is 1. The maximum absolute atomic E-state index is 12.1. The molecule has 1 aromatic carbocycles. The molecule has 1 aromatic heterocycles. The molecule has 3 rings (SSSR count). The van der Waals surface area contributed by atoms with Crippen LogP contribution in [0.2, 0.25) is 0 Å². The van der Waals surface area contributed by atoms with Gasteiger partial charge in [0.2, 0.25) is 0 Å². The Morgan fingerprint density at radius 3 is 2.91 bits per heavy atom. The van der Waals surface area contributed by atoms with Crippen LogP contribution in [0, 0.1) is 0 Å². The normalized spacial score (nSPS) is 13.1. The number of pyridine rings is 1. The van der Waals surface area contributed by atoms with Gasteiger partial charge in [0, 0.05) is 24.5 Å². The summed E-state index contributed by atoms with van der Waals surface area (Å²) < 4.78 is 0. The Morgan fingerprint density at radius 2 is 2.14 bits per heavy atom. The molecule has 6 heteroatoms. The molecule has 0 saturated carbocycles. The largest absolute Gasteiger partial charge is 0.325 e. The Hall–Kier alpha value is -2.73. The van der Waals surface area contributed by atoms with E-state index in [1.54, 1.807) is 24.5 Å². The number of hydrogen-bond acceptors (Lipinski definition) is 4. The highest BCUT2D eigenvalue weighted by molar-refractivity contribution is 6.00. The van der Waals surface area contributed by atoms with Crippen LogP contribution in [0.4, 0.5) is 0 Å². The summed E-state index contributed by atoms with van der Waals surface area (Å²) in [5.74, 6) is -0.483. The molecule has 112 valence electrons. The molecule has 0 atom stereocenters. The first kappa shape index (κ1) is 14.2. The molecular formula is C16H15N3O3. The van der Waals surface area contributed by atoms with E-state index in [1.807, 2.05) is 24.3 Å². The van der Waals surface area contributed by atoms with Crippen LogP contribution in [0.3, 0.4) is 0 Å². The molecule has 22 heavy (non-hydrogen) atoms. The highest BCUT2D eigenvalue weighted by Crippen LogP contribution is 2.21. The summed E-state index contributed by atoms with van der Waals surface area (Å²) >= 11 is 0. The van der Waals surface area contributed by atoms with Crippen LogP contribution in [0.5, 0.6) is 0 Å². The summed E-state index contributed by atoms with van der Waals surface area (Å²) in [7, 11) is 0. The van der Waals surface area contributed by atoms with Gasteiger partial charge >= 0.3 is 0 Å². The third kappa shape index (κ3) is 3.12. The summed E-state index contributed by atoms with van der Waals surface area (Å²) in [5, 5.41) is 0. The van der Waals surface area contributed by atoms with E-state index in [1.165, 1.54) is 4.90 Å². The average Bonchev–Trinajstić information content (AvgIpc) is 2.85. The minimum absolute atomic E-state index is 0.0272. The van der Waals surface area contributed by atoms with E-state index >= 15 is 0 Å². The minimum Gasteiger partial charge on any atom is -0.325 e. The molecule has 0 aliphatic carbocycles. The van der Waals surface area contributed by atoms with Gasteiger partial charge in [0.25, 0.3) is 11.8 Å². The van der Waals surface area contributed by atoms with Gasteiger partial charge in [-0.25, -0.2) is 5.48 Å². The molecular weight excluding hydrogens is 282 g/mol. The standard InChI is InChI=1S/C16H15N3O3/c20-15(18-22-11-12-4-3-7-17-8-12)10-19-9-13-5-1-2-6-14(13)16(19)21/h1-8H,9-11H2,(H,18,20). The number of fused-ring (bicyclic) bond motifs is 1. The van der Waals surface area contributed by atoms with Crippen molar-refractivity contribution in [1.29, 1.82) is 0 Å². The SMILES string of the molecule is O=C(CN1Cc2ccccc2C1=O)NOCc1cccnc1. The van der Waals surface area contributed by atoms with Gasteiger partial charge in [0.15, 0.2) is 0 Å². The number of carbonyl (C=O) groups is 2. The van der Waals surface area contributed by atoms with Crippen LogP contribution < -0.4 is 5.48 Å². The number of rotatable bonds is 5. The summed E-state index contributed by atoms with van der Waals surface area (Å²) in [6.07, 6.45) is 3.32. The highest BCUT2D eigenvalue weighted by atomic mass is 16.6. The van der Waals surface area contributed by atoms with Crippen LogP contribution in [-0.2, 0) is 22.8 Å². The summed E-state index contributed by atoms with van der Waals surface area (Å²) in [6.45, 7) is 0.652. The van der Waals surface area contributed by atoms with Crippen molar-refractivity contribution in [2.45, 2.75) is 13.2 Å².